The molecule has 0 aliphatic rings. The highest BCUT2D eigenvalue weighted by atomic mass is 35.5. The molecule has 0 bridgehead atoms. The van der Waals surface area contributed by atoms with Crippen LogP contribution in [0.4, 0.5) is 0 Å². The van der Waals surface area contributed by atoms with Gasteiger partial charge < -0.3 is 0 Å². The van der Waals surface area contributed by atoms with Crippen LogP contribution < -0.4 is 0 Å². The van der Waals surface area contributed by atoms with E-state index in [-0.39, 0.29) is 5.78 Å². The van der Waals surface area contributed by atoms with Crippen molar-refractivity contribution in [2.24, 2.45) is 7.05 Å². The minimum atomic E-state index is -0.149. The van der Waals surface area contributed by atoms with Crippen LogP contribution in [0.2, 0.25) is 10.2 Å². The first-order chi connectivity index (χ1) is 11.5. The molecular weight excluding hydrogens is 347 g/mol. The van der Waals surface area contributed by atoms with Crippen molar-refractivity contribution >= 4 is 35.1 Å². The van der Waals surface area contributed by atoms with E-state index >= 15 is 0 Å². The van der Waals surface area contributed by atoms with Crippen molar-refractivity contribution < 1.29 is 4.79 Å². The van der Waals surface area contributed by atoms with Gasteiger partial charge in [-0.05, 0) is 31.2 Å². The molecule has 3 rings (SSSR count). The molecule has 7 heteroatoms. The number of allylic oxidation sites excluding steroid dienone is 1. The summed E-state index contributed by atoms with van der Waals surface area (Å²) < 4.78 is 3.14. The lowest BCUT2D eigenvalue weighted by Crippen LogP contribution is -1.97. The van der Waals surface area contributed by atoms with Gasteiger partial charge in [0.15, 0.2) is 5.78 Å². The monoisotopic (exact) mass is 360 g/mol. The molecule has 0 atom stereocenters. The summed E-state index contributed by atoms with van der Waals surface area (Å²) in [6, 6.07) is 7.29. The van der Waals surface area contributed by atoms with E-state index in [1.165, 1.54) is 12.3 Å². The van der Waals surface area contributed by atoms with Gasteiger partial charge in [0.25, 0.3) is 0 Å². The highest BCUT2D eigenvalue weighted by molar-refractivity contribution is 6.33. The standard InChI is InChI=1S/C17H14Cl2N4O/c1-11-13(7-8-16(24)12-9-20-22(2)10-12)17(19)23(21-11)15-6-4-3-5-14(15)18/h3-10H,1-2H3/b8-7+. The summed E-state index contributed by atoms with van der Waals surface area (Å²) in [6.07, 6.45) is 6.31. The lowest BCUT2D eigenvalue weighted by Gasteiger charge is -2.04. The molecule has 0 aliphatic heterocycles. The van der Waals surface area contributed by atoms with Gasteiger partial charge in [-0.2, -0.15) is 10.2 Å². The molecule has 0 saturated carbocycles. The van der Waals surface area contributed by atoms with E-state index in [4.69, 9.17) is 23.2 Å². The molecule has 3 aromatic rings. The Hall–Kier alpha value is -2.37. The summed E-state index contributed by atoms with van der Waals surface area (Å²) in [5, 5.41) is 9.35. The van der Waals surface area contributed by atoms with Gasteiger partial charge >= 0.3 is 0 Å². The van der Waals surface area contributed by atoms with E-state index in [1.54, 1.807) is 34.8 Å². The van der Waals surface area contributed by atoms with Crippen molar-refractivity contribution in [2.75, 3.05) is 0 Å². The molecule has 1 aromatic carbocycles. The second-order valence-electron chi connectivity index (χ2n) is 5.25. The summed E-state index contributed by atoms with van der Waals surface area (Å²) >= 11 is 12.6. The number of carbonyl (C=O) groups excluding carboxylic acids is 1. The van der Waals surface area contributed by atoms with Gasteiger partial charge in [0.05, 0.1) is 28.2 Å². The fourth-order valence-electron chi connectivity index (χ4n) is 2.29. The van der Waals surface area contributed by atoms with Crippen LogP contribution in [-0.2, 0) is 7.05 Å². The Morgan fingerprint density at radius 1 is 1.25 bits per heavy atom. The van der Waals surface area contributed by atoms with Gasteiger partial charge in [-0.1, -0.05) is 35.3 Å². The van der Waals surface area contributed by atoms with Gasteiger partial charge in [0.1, 0.15) is 5.15 Å². The van der Waals surface area contributed by atoms with E-state index in [0.29, 0.717) is 32.7 Å². The predicted octanol–water partition coefficient (Wildman–Crippen LogP) is 4.12. The zero-order valence-electron chi connectivity index (χ0n) is 13.1. The van der Waals surface area contributed by atoms with E-state index in [2.05, 4.69) is 10.2 Å². The highest BCUT2D eigenvalue weighted by Gasteiger charge is 2.15. The fraction of sp³-hybridized carbons (Fsp3) is 0.118. The third-order valence-electron chi connectivity index (χ3n) is 3.52. The summed E-state index contributed by atoms with van der Waals surface area (Å²) in [6.45, 7) is 1.83. The van der Waals surface area contributed by atoms with E-state index < -0.39 is 0 Å². The Balaban J connectivity index is 1.94. The first-order valence-corrected chi connectivity index (χ1v) is 7.94. The Morgan fingerprint density at radius 2 is 2.00 bits per heavy atom. The van der Waals surface area contributed by atoms with Crippen LogP contribution in [0.5, 0.6) is 0 Å². The number of ketones is 1. The Labute approximate surface area is 149 Å². The molecule has 0 amide bonds. The third-order valence-corrected chi connectivity index (χ3v) is 4.20. The van der Waals surface area contributed by atoms with E-state index in [0.717, 1.165) is 0 Å². The van der Waals surface area contributed by atoms with Gasteiger partial charge in [-0.3, -0.25) is 9.48 Å². The van der Waals surface area contributed by atoms with Crippen molar-refractivity contribution in [1.29, 1.82) is 0 Å². The maximum Gasteiger partial charge on any atom is 0.189 e. The summed E-state index contributed by atoms with van der Waals surface area (Å²) in [5.74, 6) is -0.149. The quantitative estimate of drug-likeness (QED) is 0.519. The summed E-state index contributed by atoms with van der Waals surface area (Å²) in [5.41, 5.74) is 2.58. The normalized spacial score (nSPS) is 11.3. The predicted molar refractivity (Wildman–Crippen MR) is 94.9 cm³/mol. The number of hydrogen-bond donors (Lipinski definition) is 0. The van der Waals surface area contributed by atoms with E-state index in [1.807, 2.05) is 25.1 Å². The van der Waals surface area contributed by atoms with Crippen LogP contribution in [0, 0.1) is 6.92 Å². The molecule has 0 fully saturated rings. The molecule has 0 radical (unpaired) electrons. The summed E-state index contributed by atoms with van der Waals surface area (Å²) in [7, 11) is 1.76. The van der Waals surface area contributed by atoms with Gasteiger partial charge in [-0.15, -0.1) is 0 Å². The van der Waals surface area contributed by atoms with Gasteiger partial charge in [-0.25, -0.2) is 4.68 Å². The lowest BCUT2D eigenvalue weighted by molar-refractivity contribution is 0.104. The highest BCUT2D eigenvalue weighted by Crippen LogP contribution is 2.28. The maximum atomic E-state index is 12.2. The molecule has 0 spiro atoms. The molecule has 0 saturated heterocycles. The van der Waals surface area contributed by atoms with Crippen molar-refractivity contribution in [3.05, 3.63) is 69.7 Å². The minimum Gasteiger partial charge on any atom is -0.289 e. The Morgan fingerprint density at radius 3 is 2.67 bits per heavy atom. The van der Waals surface area contributed by atoms with E-state index in [9.17, 15) is 4.79 Å². The van der Waals surface area contributed by atoms with Gasteiger partial charge in [0, 0.05) is 18.8 Å². The van der Waals surface area contributed by atoms with Crippen LogP contribution in [-0.4, -0.2) is 25.3 Å². The molecule has 0 aliphatic carbocycles. The van der Waals surface area contributed by atoms with Crippen LogP contribution in [0.25, 0.3) is 11.8 Å². The topological polar surface area (TPSA) is 52.7 Å². The zero-order valence-corrected chi connectivity index (χ0v) is 14.6. The number of benzene rings is 1. The van der Waals surface area contributed by atoms with Crippen molar-refractivity contribution in [3.63, 3.8) is 0 Å². The van der Waals surface area contributed by atoms with Crippen LogP contribution in [0.3, 0.4) is 0 Å². The van der Waals surface area contributed by atoms with Crippen LogP contribution in [0.15, 0.2) is 42.7 Å². The van der Waals surface area contributed by atoms with Gasteiger partial charge in [0.2, 0.25) is 0 Å². The minimum absolute atomic E-state index is 0.149. The number of rotatable bonds is 4. The fourth-order valence-corrected chi connectivity index (χ4v) is 2.83. The third kappa shape index (κ3) is 3.13. The number of para-hydroxylation sites is 1. The second-order valence-corrected chi connectivity index (χ2v) is 6.02. The number of carbonyl (C=O) groups is 1. The molecule has 0 unspecified atom stereocenters. The number of aromatic nitrogens is 4. The molecular formula is C17H14Cl2N4O. The van der Waals surface area contributed by atoms with Crippen LogP contribution in [0.1, 0.15) is 21.6 Å². The van der Waals surface area contributed by atoms with Crippen molar-refractivity contribution in [1.82, 2.24) is 19.6 Å². The number of nitrogens with zero attached hydrogens (tertiary/aromatic N) is 4. The maximum absolute atomic E-state index is 12.2. The number of aryl methyl sites for hydroxylation is 2. The first kappa shape index (κ1) is 16.5. The van der Waals surface area contributed by atoms with Crippen molar-refractivity contribution in [3.8, 4) is 5.69 Å². The number of hydrogen-bond acceptors (Lipinski definition) is 3. The smallest absolute Gasteiger partial charge is 0.189 e. The molecule has 0 N–H and O–H groups in total. The van der Waals surface area contributed by atoms with Crippen LogP contribution >= 0.6 is 23.2 Å². The molecule has 2 aromatic heterocycles. The molecule has 2 heterocycles. The molecule has 5 nitrogen and oxygen atoms in total. The molecule has 122 valence electrons. The molecule has 24 heavy (non-hydrogen) atoms. The first-order valence-electron chi connectivity index (χ1n) is 7.18. The zero-order chi connectivity index (χ0) is 17.3. The number of halogens is 2. The lowest BCUT2D eigenvalue weighted by atomic mass is 10.2. The second kappa shape index (κ2) is 6.63. The largest absolute Gasteiger partial charge is 0.289 e. The van der Waals surface area contributed by atoms with Crippen molar-refractivity contribution in [2.45, 2.75) is 6.92 Å². The summed E-state index contributed by atoms with van der Waals surface area (Å²) in [4.78, 5) is 12.2. The average molecular weight is 361 g/mol. The average Bonchev–Trinajstić information content (AvgIpc) is 3.10. The SMILES string of the molecule is Cc1nn(-c2ccccc2Cl)c(Cl)c1/C=C/C(=O)c1cnn(C)c1. The Bertz CT molecular complexity index is 940. The Kier molecular flexibility index (Phi) is 4.55.